The number of ether oxygens (including phenoxy) is 1. The van der Waals surface area contributed by atoms with Gasteiger partial charge in [-0.3, -0.25) is 14.4 Å². The van der Waals surface area contributed by atoms with Gasteiger partial charge in [-0.2, -0.15) is 0 Å². The van der Waals surface area contributed by atoms with Gasteiger partial charge in [0.2, 0.25) is 11.8 Å². The summed E-state index contributed by atoms with van der Waals surface area (Å²) in [4.78, 5) is 36.2. The fourth-order valence-electron chi connectivity index (χ4n) is 3.05. The first-order valence-electron chi connectivity index (χ1n) is 9.29. The van der Waals surface area contributed by atoms with Crippen LogP contribution in [0, 0.1) is 0 Å². The molecule has 1 heterocycles. The zero-order valence-electron chi connectivity index (χ0n) is 15.7. The fraction of sp³-hybridized carbons (Fsp3) is 0.286. The van der Waals surface area contributed by atoms with E-state index in [1.165, 1.54) is 0 Å². The molecular weight excluding hydrogens is 358 g/mol. The molecule has 0 saturated heterocycles. The molecule has 1 aliphatic rings. The predicted octanol–water partition coefficient (Wildman–Crippen LogP) is 2.73. The van der Waals surface area contributed by atoms with E-state index in [-0.39, 0.29) is 24.3 Å². The number of carbonyl (C=O) groups excluding carboxylic acids is 3. The largest absolute Gasteiger partial charge is 0.493 e. The van der Waals surface area contributed by atoms with Gasteiger partial charge in [0.15, 0.2) is 0 Å². The van der Waals surface area contributed by atoms with Crippen molar-refractivity contribution in [2.24, 2.45) is 0 Å². The molecule has 146 valence electrons. The summed E-state index contributed by atoms with van der Waals surface area (Å²) in [6, 6.07) is 12.3. The first kappa shape index (κ1) is 19.4. The summed E-state index contributed by atoms with van der Waals surface area (Å²) < 4.78 is 5.44. The van der Waals surface area contributed by atoms with Gasteiger partial charge in [-0.05, 0) is 55.7 Å². The third kappa shape index (κ3) is 4.88. The molecule has 7 nitrogen and oxygen atoms in total. The molecule has 28 heavy (non-hydrogen) atoms. The van der Waals surface area contributed by atoms with Gasteiger partial charge in [-0.25, -0.2) is 0 Å². The monoisotopic (exact) mass is 381 g/mol. The molecular formula is C21H23N3O4. The second-order valence-electron chi connectivity index (χ2n) is 6.43. The highest BCUT2D eigenvalue weighted by atomic mass is 16.5. The number of hydrogen-bond acceptors (Lipinski definition) is 4. The molecule has 3 N–H and O–H groups in total. The van der Waals surface area contributed by atoms with E-state index in [0.29, 0.717) is 30.0 Å². The van der Waals surface area contributed by atoms with Crippen molar-refractivity contribution in [3.63, 3.8) is 0 Å². The van der Waals surface area contributed by atoms with E-state index in [4.69, 9.17) is 4.74 Å². The third-order valence-electron chi connectivity index (χ3n) is 4.35. The van der Waals surface area contributed by atoms with Gasteiger partial charge in [-0.15, -0.1) is 0 Å². The van der Waals surface area contributed by atoms with Gasteiger partial charge in [0.05, 0.1) is 18.7 Å². The number of nitrogens with one attached hydrogen (secondary N) is 3. The van der Waals surface area contributed by atoms with E-state index < -0.39 is 0 Å². The van der Waals surface area contributed by atoms with E-state index in [9.17, 15) is 14.4 Å². The number of hydrogen-bond donors (Lipinski definition) is 3. The van der Waals surface area contributed by atoms with Crippen LogP contribution in [0.3, 0.4) is 0 Å². The quantitative estimate of drug-likeness (QED) is 0.717. The van der Waals surface area contributed by atoms with Gasteiger partial charge in [0, 0.05) is 17.8 Å². The topological polar surface area (TPSA) is 96.5 Å². The van der Waals surface area contributed by atoms with Crippen molar-refractivity contribution >= 4 is 29.1 Å². The normalized spacial score (nSPS) is 13.0. The first-order chi connectivity index (χ1) is 13.6. The molecule has 0 saturated carbocycles. The molecule has 1 aliphatic heterocycles. The number of anilines is 2. The molecule has 0 radical (unpaired) electrons. The molecule has 0 spiro atoms. The summed E-state index contributed by atoms with van der Waals surface area (Å²) in [7, 11) is 0. The second kappa shape index (κ2) is 9.03. The van der Waals surface area contributed by atoms with E-state index in [2.05, 4.69) is 16.0 Å². The Balaban J connectivity index is 1.58. The molecule has 2 aromatic rings. The number of benzene rings is 2. The Morgan fingerprint density at radius 2 is 1.96 bits per heavy atom. The highest BCUT2D eigenvalue weighted by Crippen LogP contribution is 2.25. The minimum Gasteiger partial charge on any atom is -0.493 e. The Kier molecular flexibility index (Phi) is 6.26. The number of aryl methyl sites for hydroxylation is 1. The van der Waals surface area contributed by atoms with Crippen LogP contribution in [0.5, 0.6) is 5.75 Å². The molecule has 0 aliphatic carbocycles. The van der Waals surface area contributed by atoms with Crippen LogP contribution in [0.15, 0.2) is 42.5 Å². The lowest BCUT2D eigenvalue weighted by Gasteiger charge is -2.12. The summed E-state index contributed by atoms with van der Waals surface area (Å²) in [5.74, 6) is -0.218. The molecule has 0 bridgehead atoms. The van der Waals surface area contributed by atoms with Crippen molar-refractivity contribution in [3.05, 3.63) is 53.6 Å². The van der Waals surface area contributed by atoms with Crippen molar-refractivity contribution in [3.8, 4) is 5.75 Å². The Morgan fingerprint density at radius 3 is 2.79 bits per heavy atom. The molecule has 7 heteroatoms. The van der Waals surface area contributed by atoms with Gasteiger partial charge < -0.3 is 20.7 Å². The maximum absolute atomic E-state index is 12.3. The van der Waals surface area contributed by atoms with Crippen LogP contribution < -0.4 is 20.7 Å². The van der Waals surface area contributed by atoms with Gasteiger partial charge in [0.1, 0.15) is 5.75 Å². The Bertz CT molecular complexity index is 895. The summed E-state index contributed by atoms with van der Waals surface area (Å²) >= 11 is 0. The Labute approximate surface area is 163 Å². The highest BCUT2D eigenvalue weighted by molar-refractivity contribution is 6.01. The van der Waals surface area contributed by atoms with Crippen molar-refractivity contribution in [2.45, 2.75) is 26.2 Å². The summed E-state index contributed by atoms with van der Waals surface area (Å²) in [6.45, 7) is 2.13. The van der Waals surface area contributed by atoms with Crippen LogP contribution in [0.25, 0.3) is 0 Å². The lowest BCUT2D eigenvalue weighted by atomic mass is 10.1. The third-order valence-corrected chi connectivity index (χ3v) is 4.35. The SMILES string of the molecule is CCOc1ccccc1C(=O)NCC(=O)Nc1ccc2c(c1)CCCC(=O)N2. The van der Waals surface area contributed by atoms with E-state index >= 15 is 0 Å². The lowest BCUT2D eigenvalue weighted by Crippen LogP contribution is -2.33. The summed E-state index contributed by atoms with van der Waals surface area (Å²) in [5.41, 5.74) is 2.78. The zero-order valence-corrected chi connectivity index (χ0v) is 15.7. The summed E-state index contributed by atoms with van der Waals surface area (Å²) in [5, 5.41) is 8.24. The van der Waals surface area contributed by atoms with E-state index in [0.717, 1.165) is 24.1 Å². The van der Waals surface area contributed by atoms with Gasteiger partial charge in [-0.1, -0.05) is 12.1 Å². The van der Waals surface area contributed by atoms with E-state index in [1.807, 2.05) is 13.0 Å². The zero-order chi connectivity index (χ0) is 19.9. The van der Waals surface area contributed by atoms with Crippen LogP contribution in [0.2, 0.25) is 0 Å². The van der Waals surface area contributed by atoms with Crippen molar-refractivity contribution in [2.75, 3.05) is 23.8 Å². The van der Waals surface area contributed by atoms with Crippen molar-refractivity contribution in [1.29, 1.82) is 0 Å². The van der Waals surface area contributed by atoms with Gasteiger partial charge in [0.25, 0.3) is 5.91 Å². The number of para-hydroxylation sites is 1. The maximum atomic E-state index is 12.3. The molecule has 0 fully saturated rings. The van der Waals surface area contributed by atoms with Crippen LogP contribution in [-0.2, 0) is 16.0 Å². The average Bonchev–Trinajstić information content (AvgIpc) is 2.87. The molecule has 0 unspecified atom stereocenters. The average molecular weight is 381 g/mol. The molecule has 0 aromatic heterocycles. The smallest absolute Gasteiger partial charge is 0.255 e. The molecule has 3 amide bonds. The molecule has 0 atom stereocenters. The van der Waals surface area contributed by atoms with Gasteiger partial charge >= 0.3 is 0 Å². The Morgan fingerprint density at radius 1 is 1.14 bits per heavy atom. The minimum absolute atomic E-state index is 0.00517. The summed E-state index contributed by atoms with van der Waals surface area (Å²) in [6.07, 6.45) is 2.03. The molecule has 2 aromatic carbocycles. The lowest BCUT2D eigenvalue weighted by molar-refractivity contribution is -0.116. The van der Waals surface area contributed by atoms with Crippen molar-refractivity contribution in [1.82, 2.24) is 5.32 Å². The fourth-order valence-corrected chi connectivity index (χ4v) is 3.05. The predicted molar refractivity (Wildman–Crippen MR) is 107 cm³/mol. The van der Waals surface area contributed by atoms with Crippen LogP contribution in [-0.4, -0.2) is 30.9 Å². The maximum Gasteiger partial charge on any atom is 0.255 e. The second-order valence-corrected chi connectivity index (χ2v) is 6.43. The standard InChI is InChI=1S/C21H23N3O4/c1-2-28-18-8-4-3-7-16(18)21(27)22-13-20(26)23-15-10-11-17-14(12-15)6-5-9-19(25)24-17/h3-4,7-8,10-12H,2,5-6,9,13H2,1H3,(H,22,27)(H,23,26)(H,24,25). The van der Waals surface area contributed by atoms with Crippen LogP contribution in [0.1, 0.15) is 35.7 Å². The Hall–Kier alpha value is -3.35. The minimum atomic E-state index is -0.371. The number of rotatable bonds is 6. The number of carbonyl (C=O) groups is 3. The molecule has 3 rings (SSSR count). The van der Waals surface area contributed by atoms with Crippen molar-refractivity contribution < 1.29 is 19.1 Å². The van der Waals surface area contributed by atoms with Crippen LogP contribution >= 0.6 is 0 Å². The number of amides is 3. The highest BCUT2D eigenvalue weighted by Gasteiger charge is 2.15. The van der Waals surface area contributed by atoms with Crippen LogP contribution in [0.4, 0.5) is 11.4 Å². The van der Waals surface area contributed by atoms with E-state index in [1.54, 1.807) is 36.4 Å². The number of fused-ring (bicyclic) bond motifs is 1. The first-order valence-corrected chi connectivity index (χ1v) is 9.29.